The molecule has 1 heterocycles. The Kier molecular flexibility index (Phi) is 6.65. The first-order valence-corrected chi connectivity index (χ1v) is 11.3. The van der Waals surface area contributed by atoms with Gasteiger partial charge in [0.1, 0.15) is 5.82 Å². The molecule has 0 unspecified atom stereocenters. The second-order valence-corrected chi connectivity index (χ2v) is 8.93. The van der Waals surface area contributed by atoms with Gasteiger partial charge in [-0.05, 0) is 37.8 Å². The minimum atomic E-state index is -0.534. The molecule has 1 aliphatic carbocycles. The quantitative estimate of drug-likeness (QED) is 0.390. The summed E-state index contributed by atoms with van der Waals surface area (Å²) in [5.41, 5.74) is 2.18. The number of para-hydroxylation sites is 1. The van der Waals surface area contributed by atoms with Gasteiger partial charge in [0.2, 0.25) is 0 Å². The van der Waals surface area contributed by atoms with E-state index in [0.29, 0.717) is 0 Å². The summed E-state index contributed by atoms with van der Waals surface area (Å²) in [4.78, 5) is 29.8. The topological polar surface area (TPSA) is 100 Å². The molecule has 1 aliphatic rings. The summed E-state index contributed by atoms with van der Waals surface area (Å²) in [5, 5.41) is 18.6. The van der Waals surface area contributed by atoms with E-state index in [1.807, 2.05) is 32.3 Å². The lowest BCUT2D eigenvalue weighted by Gasteiger charge is -2.30. The smallest absolute Gasteiger partial charge is 0.270 e. The number of anilines is 2. The van der Waals surface area contributed by atoms with Crippen LogP contribution in [-0.4, -0.2) is 42.0 Å². The van der Waals surface area contributed by atoms with Crippen LogP contribution in [0.3, 0.4) is 0 Å². The van der Waals surface area contributed by atoms with Crippen LogP contribution >= 0.6 is 11.6 Å². The SMILES string of the molecule is CN(C)c1cc(N[C@H]2CC[C@@H](NC(=O)c3ccc([N+](=O)[O-])cc3Cl)CC2)nc2ccccc12. The molecule has 2 aromatic carbocycles. The Morgan fingerprint density at radius 2 is 1.79 bits per heavy atom. The number of aromatic nitrogens is 1. The molecule has 0 saturated heterocycles. The molecule has 0 aliphatic heterocycles. The molecule has 33 heavy (non-hydrogen) atoms. The second-order valence-electron chi connectivity index (χ2n) is 8.53. The highest BCUT2D eigenvalue weighted by Crippen LogP contribution is 2.29. The fourth-order valence-corrected chi connectivity index (χ4v) is 4.52. The molecule has 1 saturated carbocycles. The third kappa shape index (κ3) is 5.17. The van der Waals surface area contributed by atoms with E-state index in [0.717, 1.165) is 48.1 Å². The predicted molar refractivity (Wildman–Crippen MR) is 131 cm³/mol. The number of hydrogen-bond acceptors (Lipinski definition) is 6. The lowest BCUT2D eigenvalue weighted by atomic mass is 9.91. The van der Waals surface area contributed by atoms with Crippen LogP contribution in [0.25, 0.3) is 10.9 Å². The van der Waals surface area contributed by atoms with Crippen molar-refractivity contribution < 1.29 is 9.72 Å². The first kappa shape index (κ1) is 22.8. The first-order valence-electron chi connectivity index (χ1n) is 10.9. The summed E-state index contributed by atoms with van der Waals surface area (Å²) < 4.78 is 0. The summed E-state index contributed by atoms with van der Waals surface area (Å²) in [6.07, 6.45) is 3.43. The standard InChI is InChI=1S/C24H26ClN5O3/c1-29(2)22-14-23(28-21-6-4-3-5-19(21)22)26-15-7-9-16(10-8-15)27-24(31)18-12-11-17(30(32)33)13-20(18)25/h3-6,11-16H,7-10H2,1-2H3,(H,26,28)(H,27,31)/t15-,16+. The summed E-state index contributed by atoms with van der Waals surface area (Å²) in [7, 11) is 4.05. The maximum Gasteiger partial charge on any atom is 0.270 e. The van der Waals surface area contributed by atoms with Crippen LogP contribution in [-0.2, 0) is 0 Å². The number of non-ortho nitro benzene ring substituents is 1. The maximum atomic E-state index is 12.6. The van der Waals surface area contributed by atoms with Crippen molar-refractivity contribution >= 4 is 45.6 Å². The Labute approximate surface area is 197 Å². The van der Waals surface area contributed by atoms with E-state index in [1.54, 1.807) is 0 Å². The molecule has 2 N–H and O–H groups in total. The van der Waals surface area contributed by atoms with Crippen molar-refractivity contribution in [2.24, 2.45) is 0 Å². The van der Waals surface area contributed by atoms with Gasteiger partial charge in [-0.2, -0.15) is 0 Å². The molecule has 1 fully saturated rings. The largest absolute Gasteiger partial charge is 0.377 e. The molecule has 1 aromatic heterocycles. The lowest BCUT2D eigenvalue weighted by molar-refractivity contribution is -0.384. The van der Waals surface area contributed by atoms with Gasteiger partial charge in [-0.1, -0.05) is 29.8 Å². The number of halogens is 1. The molecule has 0 spiro atoms. The number of benzene rings is 2. The molecule has 172 valence electrons. The maximum absolute atomic E-state index is 12.6. The van der Waals surface area contributed by atoms with Crippen LogP contribution < -0.4 is 15.5 Å². The van der Waals surface area contributed by atoms with Crippen molar-refractivity contribution in [1.29, 1.82) is 0 Å². The zero-order valence-corrected chi connectivity index (χ0v) is 19.3. The zero-order valence-electron chi connectivity index (χ0n) is 18.5. The van der Waals surface area contributed by atoms with Crippen LogP contribution in [0.1, 0.15) is 36.0 Å². The molecule has 0 radical (unpaired) electrons. The minimum absolute atomic E-state index is 0.0312. The van der Waals surface area contributed by atoms with Crippen LogP contribution in [0.2, 0.25) is 5.02 Å². The van der Waals surface area contributed by atoms with Crippen LogP contribution in [0.15, 0.2) is 48.5 Å². The number of fused-ring (bicyclic) bond motifs is 1. The minimum Gasteiger partial charge on any atom is -0.377 e. The highest BCUT2D eigenvalue weighted by atomic mass is 35.5. The molecule has 1 amide bonds. The van der Waals surface area contributed by atoms with Gasteiger partial charge in [0.05, 0.1) is 21.0 Å². The van der Waals surface area contributed by atoms with Crippen LogP contribution in [0.5, 0.6) is 0 Å². The van der Waals surface area contributed by atoms with Crippen molar-refractivity contribution in [3.63, 3.8) is 0 Å². The van der Waals surface area contributed by atoms with E-state index in [9.17, 15) is 14.9 Å². The molecule has 4 rings (SSSR count). The molecule has 9 heteroatoms. The van der Waals surface area contributed by atoms with Gasteiger partial charge in [-0.3, -0.25) is 14.9 Å². The Morgan fingerprint density at radius 1 is 1.09 bits per heavy atom. The molecular formula is C24H26ClN5O3. The summed E-state index contributed by atoms with van der Waals surface area (Å²) in [6, 6.07) is 14.4. The van der Waals surface area contributed by atoms with Gasteiger partial charge < -0.3 is 15.5 Å². The number of nitrogens with zero attached hydrogens (tertiary/aromatic N) is 3. The van der Waals surface area contributed by atoms with E-state index in [-0.39, 0.29) is 34.3 Å². The van der Waals surface area contributed by atoms with Crippen molar-refractivity contribution in [2.75, 3.05) is 24.3 Å². The van der Waals surface area contributed by atoms with Crippen LogP contribution in [0, 0.1) is 10.1 Å². The van der Waals surface area contributed by atoms with Crippen molar-refractivity contribution in [3.05, 3.63) is 69.2 Å². The molecule has 0 bridgehead atoms. The van der Waals surface area contributed by atoms with E-state index in [4.69, 9.17) is 16.6 Å². The van der Waals surface area contributed by atoms with E-state index in [1.165, 1.54) is 18.2 Å². The van der Waals surface area contributed by atoms with Gasteiger partial charge in [-0.25, -0.2) is 4.98 Å². The average Bonchev–Trinajstić information content (AvgIpc) is 2.79. The third-order valence-electron chi connectivity index (χ3n) is 6.00. The number of hydrogen-bond donors (Lipinski definition) is 2. The van der Waals surface area contributed by atoms with Crippen molar-refractivity contribution in [3.8, 4) is 0 Å². The highest BCUT2D eigenvalue weighted by Gasteiger charge is 2.24. The van der Waals surface area contributed by atoms with Gasteiger partial charge in [0, 0.05) is 55.5 Å². The predicted octanol–water partition coefficient (Wildman–Crippen LogP) is 5.02. The number of nitro groups is 1. The van der Waals surface area contributed by atoms with Crippen LogP contribution in [0.4, 0.5) is 17.2 Å². The number of nitro benzene ring substituents is 1. The Bertz CT molecular complexity index is 1190. The molecule has 0 atom stereocenters. The number of carbonyl (C=O) groups is 1. The van der Waals surface area contributed by atoms with Crippen molar-refractivity contribution in [1.82, 2.24) is 10.3 Å². The van der Waals surface area contributed by atoms with Gasteiger partial charge in [0.25, 0.3) is 11.6 Å². The second kappa shape index (κ2) is 9.62. The van der Waals surface area contributed by atoms with Gasteiger partial charge >= 0.3 is 0 Å². The first-order chi connectivity index (χ1) is 15.8. The van der Waals surface area contributed by atoms with Gasteiger partial charge in [-0.15, -0.1) is 0 Å². The van der Waals surface area contributed by atoms with E-state index < -0.39 is 4.92 Å². The number of pyridine rings is 1. The molecular weight excluding hydrogens is 442 g/mol. The monoisotopic (exact) mass is 467 g/mol. The fraction of sp³-hybridized carbons (Fsp3) is 0.333. The summed E-state index contributed by atoms with van der Waals surface area (Å²) in [6.45, 7) is 0. The Hall–Kier alpha value is -3.39. The van der Waals surface area contributed by atoms with Gasteiger partial charge in [0.15, 0.2) is 0 Å². The highest BCUT2D eigenvalue weighted by molar-refractivity contribution is 6.34. The number of amides is 1. The van der Waals surface area contributed by atoms with E-state index in [2.05, 4.69) is 27.7 Å². The average molecular weight is 468 g/mol. The summed E-state index contributed by atoms with van der Waals surface area (Å²) in [5.74, 6) is 0.542. The van der Waals surface area contributed by atoms with E-state index >= 15 is 0 Å². The lowest BCUT2D eigenvalue weighted by Crippen LogP contribution is -2.40. The molecule has 8 nitrogen and oxygen atoms in total. The number of nitrogens with one attached hydrogen (secondary N) is 2. The zero-order chi connectivity index (χ0) is 23.5. The van der Waals surface area contributed by atoms with Crippen molar-refractivity contribution in [2.45, 2.75) is 37.8 Å². The Morgan fingerprint density at radius 3 is 2.45 bits per heavy atom. The molecule has 3 aromatic rings. The summed E-state index contributed by atoms with van der Waals surface area (Å²) >= 11 is 6.09. The Balaban J connectivity index is 1.37. The third-order valence-corrected chi connectivity index (χ3v) is 6.31. The fourth-order valence-electron chi connectivity index (χ4n) is 4.26. The number of rotatable bonds is 6. The normalized spacial score (nSPS) is 18.0. The number of carbonyl (C=O) groups excluding carboxylic acids is 1.